The van der Waals surface area contributed by atoms with E-state index in [1.807, 2.05) is 38.4 Å². The van der Waals surface area contributed by atoms with E-state index in [2.05, 4.69) is 47.4 Å². The first-order valence-corrected chi connectivity index (χ1v) is 42.6. The molecular formula is C77H117Cl4N9O17S2. The second-order valence-electron chi connectivity index (χ2n) is 27.3. The molecule has 2 aliphatic heterocycles. The molecule has 0 radical (unpaired) electrons. The van der Waals surface area contributed by atoms with Crippen LogP contribution in [0, 0.1) is 0 Å². The van der Waals surface area contributed by atoms with Gasteiger partial charge in [-0.25, -0.2) is 26.3 Å². The molecule has 0 saturated heterocycles. The van der Waals surface area contributed by atoms with Crippen molar-refractivity contribution < 1.29 is 78.6 Å². The number of benzene rings is 4. The van der Waals surface area contributed by atoms with E-state index in [0.29, 0.717) is 92.3 Å². The lowest BCUT2D eigenvalue weighted by Gasteiger charge is -2.35. The number of amides is 4. The predicted molar refractivity (Wildman–Crippen MR) is 424 cm³/mol. The molecule has 0 unspecified atom stereocenters. The third kappa shape index (κ3) is 36.1. The molecule has 0 aromatic heterocycles. The smallest absolute Gasteiger partial charge is 0.240 e. The fourth-order valence-corrected chi connectivity index (χ4v) is 16.2. The van der Waals surface area contributed by atoms with Crippen molar-refractivity contribution in [2.24, 2.45) is 5.73 Å². The van der Waals surface area contributed by atoms with Crippen molar-refractivity contribution in [1.29, 1.82) is 0 Å². The zero-order valence-electron chi connectivity index (χ0n) is 63.7. The van der Waals surface area contributed by atoms with Crippen molar-refractivity contribution in [2.45, 2.75) is 143 Å². The van der Waals surface area contributed by atoms with Crippen molar-refractivity contribution in [1.82, 2.24) is 40.5 Å². The molecule has 4 aromatic carbocycles. The number of nitrogens with zero attached hydrogens (tertiary/aromatic N) is 2. The molecule has 0 spiro atoms. The highest BCUT2D eigenvalue weighted by molar-refractivity contribution is 7.89. The summed E-state index contributed by atoms with van der Waals surface area (Å²) in [4.78, 5) is 59.0. The number of fused-ring (bicyclic) bond motifs is 2. The summed E-state index contributed by atoms with van der Waals surface area (Å²) in [5, 5.41) is 14.1. The monoisotopic (exact) mass is 1640 g/mol. The minimum absolute atomic E-state index is 0.00133. The number of hydrogen-bond donors (Lipinski definition) is 7. The minimum atomic E-state index is -3.85. The van der Waals surface area contributed by atoms with Gasteiger partial charge in [0.1, 0.15) is 0 Å². The van der Waals surface area contributed by atoms with Crippen LogP contribution in [0.4, 0.5) is 0 Å². The van der Waals surface area contributed by atoms with Gasteiger partial charge in [0.2, 0.25) is 43.7 Å². The van der Waals surface area contributed by atoms with Crippen LogP contribution in [0.2, 0.25) is 20.1 Å². The molecule has 2 heterocycles. The number of sulfonamides is 2. The number of halogens is 4. The highest BCUT2D eigenvalue weighted by Crippen LogP contribution is 2.41. The van der Waals surface area contributed by atoms with Crippen molar-refractivity contribution in [2.75, 3.05) is 185 Å². The summed E-state index contributed by atoms with van der Waals surface area (Å²) in [5.41, 5.74) is 9.93. The van der Waals surface area contributed by atoms with Crippen LogP contribution in [0.5, 0.6) is 0 Å². The average molecular weight is 1650 g/mol. The number of carbonyl (C=O) groups excluding carboxylic acids is 4. The van der Waals surface area contributed by atoms with E-state index >= 15 is 0 Å². The van der Waals surface area contributed by atoms with E-state index in [0.717, 1.165) is 65.5 Å². The van der Waals surface area contributed by atoms with E-state index in [9.17, 15) is 36.0 Å². The Hall–Kier alpha value is -4.74. The number of hydrogen-bond acceptors (Lipinski definition) is 20. The van der Waals surface area contributed by atoms with Crippen LogP contribution in [0.25, 0.3) is 0 Å². The largest absolute Gasteiger partial charge is 0.378 e. The second-order valence-corrected chi connectivity index (χ2v) is 32.5. The Bertz CT molecular complexity index is 3410. The molecule has 26 nitrogen and oxygen atoms in total. The summed E-state index contributed by atoms with van der Waals surface area (Å²) in [6.45, 7) is 10.7. The minimum Gasteiger partial charge on any atom is -0.378 e. The number of rotatable bonds is 60. The summed E-state index contributed by atoms with van der Waals surface area (Å²) in [5.74, 6) is -1.35. The van der Waals surface area contributed by atoms with Gasteiger partial charge in [-0.15, -0.1) is 0 Å². The molecule has 8 N–H and O–H groups in total. The maximum Gasteiger partial charge on any atom is 0.240 e. The number of nitrogens with two attached hydrogens (primary N) is 1. The Labute approximate surface area is 665 Å². The number of carbonyl (C=O) groups is 4. The molecule has 2 aliphatic rings. The molecule has 0 saturated carbocycles. The van der Waals surface area contributed by atoms with Gasteiger partial charge in [-0.2, -0.15) is 0 Å². The summed E-state index contributed by atoms with van der Waals surface area (Å²) < 4.78 is 109. The van der Waals surface area contributed by atoms with Gasteiger partial charge in [0.05, 0.1) is 129 Å². The SMILES string of the molecule is CCCCCCCCCCC(=O)NC(CCC(=O)NCCOCCOCCOCCN)(CCC(=O)NCCOCCOCCOCCNS(=O)(=O)c1cccc([C@@H]2CN(C)Cc3c(Cl)cc(Cl)cc32)c1)CCC(=O)NCCOCCOCCOCCNS(=O)(=O)c1cccc([C@@H]2CN(C)Cc3c(Cl)cc(Cl)cc32)c1. The molecule has 4 aromatic rings. The number of likely N-dealkylation sites (N-methyl/N-ethyl adjacent to an activating group) is 2. The third-order valence-corrected chi connectivity index (χ3v) is 22.6. The predicted octanol–water partition coefficient (Wildman–Crippen LogP) is 8.89. The van der Waals surface area contributed by atoms with Crippen molar-refractivity contribution in [3.05, 3.63) is 126 Å². The standard InChI is InChI=1S/C77H117Cl4N9O17S2/c1-4-5-6-7-8-9-10-11-18-76(94)88-77(22-19-73(91)83-26-32-100-38-44-105-43-37-99-31-25-82,23-20-74(92)84-27-33-101-39-45-106-47-41-103-35-29-86-108(95,96)63-16-12-14-59(49-63)67-55-89(2)57-69-65(67)51-61(78)53-71(69)80)24-21-75(93)85-28-34-102-40-46-107-48-42-104-36-30-87-109(97,98)64-17-13-15-60(50-64)68-56-90(3)58-70-66(68)52-62(79)54-72(70)81/h12-17,49-54,67-68,86-87H,4-11,18-48,55-58,82H2,1-3H3,(H,83,91)(H,84,92)(H,85,93)(H,88,94)/t67-,68-/m0/s1. The van der Waals surface area contributed by atoms with Gasteiger partial charge in [-0.05, 0) is 122 Å². The Morgan fingerprint density at radius 3 is 1.15 bits per heavy atom. The Morgan fingerprint density at radius 2 is 0.780 bits per heavy atom. The molecule has 0 fully saturated rings. The normalized spacial score (nSPS) is 14.9. The number of ether oxygens (including phenoxy) is 9. The van der Waals surface area contributed by atoms with Gasteiger partial charge in [-0.3, -0.25) is 19.2 Å². The van der Waals surface area contributed by atoms with Crippen LogP contribution in [-0.4, -0.2) is 241 Å². The van der Waals surface area contributed by atoms with Crippen LogP contribution < -0.4 is 36.4 Å². The molecule has 0 aliphatic carbocycles. The fraction of sp³-hybridized carbons (Fsp3) is 0.636. The lowest BCUT2D eigenvalue weighted by atomic mass is 9.82. The van der Waals surface area contributed by atoms with Crippen LogP contribution in [0.1, 0.15) is 148 Å². The lowest BCUT2D eigenvalue weighted by Crippen LogP contribution is -2.50. The van der Waals surface area contributed by atoms with Gasteiger partial charge < -0.3 is 79.4 Å². The Kier molecular flexibility index (Phi) is 44.9. The molecular weight excluding hydrogens is 1530 g/mol. The molecule has 0 bridgehead atoms. The summed E-state index contributed by atoms with van der Waals surface area (Å²) in [6, 6.07) is 21.0. The molecule has 32 heteroatoms. The molecule has 109 heavy (non-hydrogen) atoms. The second kappa shape index (κ2) is 52.6. The van der Waals surface area contributed by atoms with Gasteiger partial charge in [0, 0.05) is 129 Å². The van der Waals surface area contributed by atoms with E-state index in [1.165, 1.54) is 12.8 Å². The van der Waals surface area contributed by atoms with Crippen LogP contribution >= 0.6 is 46.4 Å². The Balaban J connectivity index is 0.898. The van der Waals surface area contributed by atoms with Crippen LogP contribution in [0.15, 0.2) is 82.6 Å². The molecule has 612 valence electrons. The number of nitrogens with one attached hydrogen (secondary N) is 6. The lowest BCUT2D eigenvalue weighted by molar-refractivity contribution is -0.127. The average Bonchev–Trinajstić information content (AvgIpc) is 0.779. The number of unbranched alkanes of at least 4 members (excludes halogenated alkanes) is 7. The van der Waals surface area contributed by atoms with Crippen LogP contribution in [-0.2, 0) is 94.9 Å². The van der Waals surface area contributed by atoms with Crippen molar-refractivity contribution >= 4 is 90.1 Å². The van der Waals surface area contributed by atoms with Gasteiger partial charge >= 0.3 is 0 Å². The van der Waals surface area contributed by atoms with E-state index in [-0.39, 0.29) is 209 Å². The fourth-order valence-electron chi connectivity index (χ4n) is 12.9. The van der Waals surface area contributed by atoms with Gasteiger partial charge in [0.15, 0.2) is 0 Å². The summed E-state index contributed by atoms with van der Waals surface area (Å²) in [6.07, 6.45) is 9.01. The third-order valence-electron chi connectivity index (χ3n) is 18.6. The quantitative estimate of drug-likeness (QED) is 0.0203. The van der Waals surface area contributed by atoms with Gasteiger partial charge in [-0.1, -0.05) is 123 Å². The highest BCUT2D eigenvalue weighted by Gasteiger charge is 2.35. The van der Waals surface area contributed by atoms with E-state index in [4.69, 9.17) is 94.8 Å². The van der Waals surface area contributed by atoms with E-state index < -0.39 is 25.6 Å². The summed E-state index contributed by atoms with van der Waals surface area (Å²) in [7, 11) is -3.70. The highest BCUT2D eigenvalue weighted by atomic mass is 35.5. The maximum absolute atomic E-state index is 13.9. The zero-order chi connectivity index (χ0) is 78.5. The van der Waals surface area contributed by atoms with E-state index in [1.54, 1.807) is 48.5 Å². The van der Waals surface area contributed by atoms with Crippen LogP contribution in [0.3, 0.4) is 0 Å². The zero-order valence-corrected chi connectivity index (χ0v) is 68.4. The molecule has 2 atom stereocenters. The van der Waals surface area contributed by atoms with Gasteiger partial charge in [0.25, 0.3) is 0 Å². The first-order valence-electron chi connectivity index (χ1n) is 38.1. The topological polar surface area (TPSA) is 324 Å². The molecule has 4 amide bonds. The first kappa shape index (κ1) is 93.1. The summed E-state index contributed by atoms with van der Waals surface area (Å²) >= 11 is 25.9. The Morgan fingerprint density at radius 1 is 0.440 bits per heavy atom. The van der Waals surface area contributed by atoms with Crippen molar-refractivity contribution in [3.63, 3.8) is 0 Å². The van der Waals surface area contributed by atoms with Crippen molar-refractivity contribution in [3.8, 4) is 0 Å². The molecule has 6 rings (SSSR count). The maximum atomic E-state index is 13.9. The first-order chi connectivity index (χ1) is 52.6.